The predicted octanol–water partition coefficient (Wildman–Crippen LogP) is 7.43. The van der Waals surface area contributed by atoms with Crippen molar-refractivity contribution in [2.45, 2.75) is 53.4 Å². The van der Waals surface area contributed by atoms with Gasteiger partial charge in [0.05, 0.1) is 22.8 Å². The zero-order valence-corrected chi connectivity index (χ0v) is 27.7. The summed E-state index contributed by atoms with van der Waals surface area (Å²) in [7, 11) is 0. The van der Waals surface area contributed by atoms with Crippen molar-refractivity contribution in [3.63, 3.8) is 0 Å². The van der Waals surface area contributed by atoms with Crippen molar-refractivity contribution in [1.82, 2.24) is 19.9 Å². The number of hydrogen-bond acceptors (Lipinski definition) is 4. The number of aromatic amines is 2. The van der Waals surface area contributed by atoms with E-state index in [0.717, 1.165) is 78.0 Å². The van der Waals surface area contributed by atoms with Gasteiger partial charge in [-0.15, -0.1) is 0 Å². The van der Waals surface area contributed by atoms with E-state index >= 15 is 0 Å². The minimum absolute atomic E-state index is 0. The normalized spacial score (nSPS) is 12.7. The number of carboxylic acid groups (broad SMARTS) is 2. The molecule has 2 aliphatic rings. The Morgan fingerprint density at radius 2 is 1.07 bits per heavy atom. The monoisotopic (exact) mass is 682 g/mol. The summed E-state index contributed by atoms with van der Waals surface area (Å²) in [5, 5.41) is 18.9. The number of nitrogens with zero attached hydrogens (tertiary/aromatic N) is 2. The number of hydrogen-bond donors (Lipinski definition) is 4. The zero-order chi connectivity index (χ0) is 30.3. The summed E-state index contributed by atoms with van der Waals surface area (Å²) >= 11 is 0. The summed E-state index contributed by atoms with van der Waals surface area (Å²) in [4.78, 5) is 40.0. The van der Waals surface area contributed by atoms with Crippen molar-refractivity contribution in [2.24, 2.45) is 0 Å². The minimum atomic E-state index is -0.889. The first kappa shape index (κ1) is 31.7. The van der Waals surface area contributed by atoms with Crippen LogP contribution in [-0.4, -0.2) is 66.0 Å². The van der Waals surface area contributed by atoms with Crippen molar-refractivity contribution in [3.8, 4) is 0 Å². The van der Waals surface area contributed by atoms with E-state index in [4.69, 9.17) is 9.97 Å². The van der Waals surface area contributed by atoms with Crippen molar-refractivity contribution in [3.05, 3.63) is 82.5 Å². The Morgan fingerprint density at radius 3 is 1.49 bits per heavy atom. The SMILES string of the molecule is C=Cc1c(C)c2cc3[nH]c(cc4nc(cc5nc(cc1[nH]2)C(C)=C5CCC(=O)O)C(CCC(=O)O)=C4C)c(C)c3C=C.[Sn]. The number of aromatic nitrogens is 4. The molecule has 2 aliphatic heterocycles. The molecule has 9 heteroatoms. The van der Waals surface area contributed by atoms with Crippen molar-refractivity contribution in [1.29, 1.82) is 0 Å². The van der Waals surface area contributed by atoms with E-state index < -0.39 is 11.9 Å². The standard InChI is InChI=1S/C34H34N4O4.Sn/c1-7-21-17(3)25-13-26-19(5)23(9-11-33(39)40)31(37-26)16-32-24(10-12-34(41)42)20(6)28(38-32)15-30-22(8-2)18(4)27(36-30)14-29(21)35-25;/h7-8,13-16,35-36H,1-2,9-12H2,3-6H3,(H,39,40)(H,41,42);. The van der Waals surface area contributed by atoms with Gasteiger partial charge in [-0.2, -0.15) is 0 Å². The number of rotatable bonds is 8. The van der Waals surface area contributed by atoms with E-state index in [2.05, 4.69) is 29.2 Å². The fourth-order valence-corrected chi connectivity index (χ4v) is 5.77. The maximum atomic E-state index is 11.5. The third kappa shape index (κ3) is 6.01. The molecule has 43 heavy (non-hydrogen) atoms. The molecule has 0 saturated carbocycles. The number of aryl methyl sites for hydroxylation is 2. The Hall–Kier alpha value is -4.18. The van der Waals surface area contributed by atoms with Gasteiger partial charge in [0.15, 0.2) is 0 Å². The van der Waals surface area contributed by atoms with E-state index in [1.54, 1.807) is 0 Å². The van der Waals surface area contributed by atoms with Gasteiger partial charge in [-0.25, -0.2) is 9.97 Å². The largest absolute Gasteiger partial charge is 0.481 e. The van der Waals surface area contributed by atoms with Crippen LogP contribution in [0.2, 0.25) is 0 Å². The smallest absolute Gasteiger partial charge is 0.303 e. The van der Waals surface area contributed by atoms with Crippen molar-refractivity contribution in [2.75, 3.05) is 0 Å². The van der Waals surface area contributed by atoms with Gasteiger partial charge in [0.25, 0.3) is 0 Å². The first-order chi connectivity index (χ1) is 20.0. The molecule has 218 valence electrons. The molecule has 0 unspecified atom stereocenters. The van der Waals surface area contributed by atoms with Gasteiger partial charge in [0.2, 0.25) is 0 Å². The molecule has 8 bridgehead atoms. The first-order valence-electron chi connectivity index (χ1n) is 13.9. The third-order valence-electron chi connectivity index (χ3n) is 8.22. The van der Waals surface area contributed by atoms with Gasteiger partial charge < -0.3 is 20.2 Å². The molecule has 0 amide bonds. The Labute approximate surface area is 267 Å². The van der Waals surface area contributed by atoms with Crippen molar-refractivity contribution < 1.29 is 19.8 Å². The second kappa shape index (κ2) is 12.6. The van der Waals surface area contributed by atoms with Crippen LogP contribution < -0.4 is 0 Å². The molecule has 4 N–H and O–H groups in total. The Morgan fingerprint density at radius 1 is 0.674 bits per heavy atom. The quantitative estimate of drug-likeness (QED) is 0.183. The third-order valence-corrected chi connectivity index (χ3v) is 8.22. The molecule has 3 aromatic rings. The molecule has 0 aromatic carbocycles. The molecule has 5 heterocycles. The molecular weight excluding hydrogens is 647 g/mol. The zero-order valence-electron chi connectivity index (χ0n) is 24.8. The van der Waals surface area contributed by atoms with E-state index in [1.165, 1.54) is 0 Å². The summed E-state index contributed by atoms with van der Waals surface area (Å²) in [5.41, 5.74) is 13.7. The Balaban J connectivity index is 0.00000423. The number of fused-ring (bicyclic) bond motifs is 8. The van der Waals surface area contributed by atoms with Crippen LogP contribution in [0.25, 0.3) is 56.5 Å². The summed E-state index contributed by atoms with van der Waals surface area (Å²) in [6, 6.07) is 7.88. The van der Waals surface area contributed by atoms with Gasteiger partial charge in [-0.05, 0) is 98.2 Å². The Bertz CT molecular complexity index is 1920. The molecule has 5 rings (SSSR count). The summed E-state index contributed by atoms with van der Waals surface area (Å²) < 4.78 is 0. The minimum Gasteiger partial charge on any atom is -0.481 e. The van der Waals surface area contributed by atoms with Crippen LogP contribution in [0.4, 0.5) is 0 Å². The van der Waals surface area contributed by atoms with Crippen LogP contribution in [0.1, 0.15) is 84.6 Å². The average Bonchev–Trinajstić information content (AvgIpc) is 3.59. The molecule has 0 atom stereocenters. The van der Waals surface area contributed by atoms with E-state index in [0.29, 0.717) is 24.2 Å². The summed E-state index contributed by atoms with van der Waals surface area (Å²) in [5.74, 6) is -1.78. The molecule has 3 aromatic heterocycles. The van der Waals surface area contributed by atoms with Crippen LogP contribution in [0.3, 0.4) is 0 Å². The number of allylic oxidation sites excluding steroid dienone is 4. The average molecular weight is 681 g/mol. The van der Waals surface area contributed by atoms with E-state index in [9.17, 15) is 19.8 Å². The van der Waals surface area contributed by atoms with Crippen LogP contribution >= 0.6 is 0 Å². The number of H-pyrrole nitrogens is 2. The van der Waals surface area contributed by atoms with E-state index in [-0.39, 0.29) is 36.7 Å². The van der Waals surface area contributed by atoms with Crippen LogP contribution in [-0.2, 0) is 9.59 Å². The molecule has 0 spiro atoms. The van der Waals surface area contributed by atoms with Gasteiger partial charge in [0, 0.05) is 69.9 Å². The van der Waals surface area contributed by atoms with Crippen LogP contribution in [0.5, 0.6) is 0 Å². The van der Waals surface area contributed by atoms with Crippen LogP contribution in [0, 0.1) is 13.8 Å². The predicted molar refractivity (Wildman–Crippen MR) is 175 cm³/mol. The fraction of sp³-hybridized carbons (Fsp3) is 0.235. The number of carbonyl (C=O) groups is 2. The number of nitrogens with one attached hydrogen (secondary N) is 2. The van der Waals surface area contributed by atoms with Gasteiger partial charge in [0.1, 0.15) is 0 Å². The van der Waals surface area contributed by atoms with E-state index in [1.807, 2.05) is 58.0 Å². The second-order valence-corrected chi connectivity index (χ2v) is 10.7. The van der Waals surface area contributed by atoms with Gasteiger partial charge >= 0.3 is 11.9 Å². The molecule has 0 saturated heterocycles. The molecule has 0 fully saturated rings. The molecule has 4 radical (unpaired) electrons. The maximum absolute atomic E-state index is 11.5. The number of carboxylic acids is 2. The van der Waals surface area contributed by atoms with Gasteiger partial charge in [-0.3, -0.25) is 9.59 Å². The first-order valence-corrected chi connectivity index (χ1v) is 13.9. The summed E-state index contributed by atoms with van der Waals surface area (Å²) in [6.07, 6.45) is 4.20. The van der Waals surface area contributed by atoms with Crippen molar-refractivity contribution >= 4 is 92.4 Å². The summed E-state index contributed by atoms with van der Waals surface area (Å²) in [6.45, 7) is 16.1. The molecule has 0 aliphatic carbocycles. The fourth-order valence-electron chi connectivity index (χ4n) is 5.77. The number of aliphatic carboxylic acids is 2. The molecular formula is C34H34N4O4Sn. The topological polar surface area (TPSA) is 132 Å². The molecule has 8 nitrogen and oxygen atoms in total. The Kier molecular flexibility index (Phi) is 9.29. The second-order valence-electron chi connectivity index (χ2n) is 10.7. The van der Waals surface area contributed by atoms with Gasteiger partial charge in [-0.1, -0.05) is 25.3 Å². The maximum Gasteiger partial charge on any atom is 0.303 e. The van der Waals surface area contributed by atoms with Crippen LogP contribution in [0.15, 0.2) is 37.4 Å².